The molecule has 0 amide bonds. The lowest BCUT2D eigenvalue weighted by Crippen LogP contribution is -2.39. The molecular formula is C25H28FNO4. The van der Waals surface area contributed by atoms with Crippen LogP contribution >= 0.6 is 0 Å². The van der Waals surface area contributed by atoms with E-state index in [0.29, 0.717) is 38.3 Å². The van der Waals surface area contributed by atoms with Gasteiger partial charge in [-0.1, -0.05) is 6.07 Å². The fourth-order valence-electron chi connectivity index (χ4n) is 4.46. The molecule has 1 saturated heterocycles. The van der Waals surface area contributed by atoms with E-state index in [1.807, 2.05) is 44.2 Å². The Morgan fingerprint density at radius 3 is 2.77 bits per heavy atom. The number of aryl methyl sites for hydroxylation is 1. The maximum atomic E-state index is 14.4. The third-order valence-corrected chi connectivity index (χ3v) is 6.09. The topological polar surface area (TPSA) is 49.7 Å². The first-order valence-corrected chi connectivity index (χ1v) is 10.7. The van der Waals surface area contributed by atoms with Crippen LogP contribution in [0.15, 0.2) is 53.3 Å². The number of hydrogen-bond donors (Lipinski definition) is 0. The predicted octanol–water partition coefficient (Wildman–Crippen LogP) is 4.78. The van der Waals surface area contributed by atoms with Crippen molar-refractivity contribution in [1.29, 1.82) is 0 Å². The fourth-order valence-corrected chi connectivity index (χ4v) is 4.46. The number of hydrogen-bond acceptors (Lipinski definition) is 4. The van der Waals surface area contributed by atoms with Gasteiger partial charge in [-0.05, 0) is 60.7 Å². The highest BCUT2D eigenvalue weighted by atomic mass is 19.1. The van der Waals surface area contributed by atoms with E-state index in [0.717, 1.165) is 22.0 Å². The molecule has 0 bridgehead atoms. The van der Waals surface area contributed by atoms with Crippen molar-refractivity contribution in [2.45, 2.75) is 51.5 Å². The lowest BCUT2D eigenvalue weighted by Gasteiger charge is -2.39. The molecule has 2 unspecified atom stereocenters. The Hall–Kier alpha value is -2.70. The van der Waals surface area contributed by atoms with Gasteiger partial charge in [0.25, 0.3) is 5.56 Å². The predicted molar refractivity (Wildman–Crippen MR) is 118 cm³/mol. The average molecular weight is 426 g/mol. The highest BCUT2D eigenvalue weighted by Gasteiger charge is 2.38. The Bertz CT molecular complexity index is 1140. The summed E-state index contributed by atoms with van der Waals surface area (Å²) in [5, 5.41) is 0.969. The van der Waals surface area contributed by atoms with Gasteiger partial charge in [0.05, 0.1) is 23.8 Å². The molecule has 164 valence electrons. The lowest BCUT2D eigenvalue weighted by molar-refractivity contribution is -0.122. The number of ether oxygens (including phenoxy) is 3. The zero-order valence-electron chi connectivity index (χ0n) is 18.2. The van der Waals surface area contributed by atoms with Crippen molar-refractivity contribution in [2.24, 2.45) is 0 Å². The van der Waals surface area contributed by atoms with Crippen LogP contribution in [-0.2, 0) is 28.2 Å². The number of benzene rings is 2. The molecule has 0 saturated carbocycles. The number of aromatic nitrogens is 1. The third kappa shape index (κ3) is 4.36. The molecule has 2 heterocycles. The number of fused-ring (bicyclic) bond motifs is 1. The minimum absolute atomic E-state index is 0.0132. The van der Waals surface area contributed by atoms with E-state index in [1.54, 1.807) is 17.7 Å². The summed E-state index contributed by atoms with van der Waals surface area (Å²) in [5.74, 6) is 0.109. The zero-order chi connectivity index (χ0) is 22.0. The van der Waals surface area contributed by atoms with Crippen LogP contribution < -0.4 is 10.3 Å². The molecule has 0 N–H and O–H groups in total. The molecular weight excluding hydrogens is 397 g/mol. The molecule has 2 atom stereocenters. The number of rotatable bonds is 6. The van der Waals surface area contributed by atoms with Crippen LogP contribution in [0.25, 0.3) is 10.9 Å². The van der Waals surface area contributed by atoms with E-state index < -0.39 is 5.60 Å². The molecule has 5 nitrogen and oxygen atoms in total. The molecule has 3 aromatic rings. The minimum Gasteiger partial charge on any atom is -0.489 e. The van der Waals surface area contributed by atoms with Gasteiger partial charge in [0.15, 0.2) is 0 Å². The molecule has 2 aromatic carbocycles. The van der Waals surface area contributed by atoms with Crippen LogP contribution in [0.2, 0.25) is 0 Å². The molecule has 0 aliphatic carbocycles. The van der Waals surface area contributed by atoms with Crippen LogP contribution in [0.1, 0.15) is 37.8 Å². The zero-order valence-corrected chi connectivity index (χ0v) is 18.2. The molecule has 31 heavy (non-hydrogen) atoms. The van der Waals surface area contributed by atoms with Gasteiger partial charge in [0, 0.05) is 38.6 Å². The van der Waals surface area contributed by atoms with E-state index in [2.05, 4.69) is 0 Å². The average Bonchev–Trinajstić information content (AvgIpc) is 2.77. The molecule has 1 fully saturated rings. The number of nitrogens with zero attached hydrogens (tertiary/aromatic N) is 1. The highest BCUT2D eigenvalue weighted by molar-refractivity contribution is 5.79. The van der Waals surface area contributed by atoms with Crippen molar-refractivity contribution < 1.29 is 18.6 Å². The smallest absolute Gasteiger partial charge is 0.250 e. The van der Waals surface area contributed by atoms with Gasteiger partial charge < -0.3 is 18.8 Å². The van der Waals surface area contributed by atoms with Gasteiger partial charge in [-0.25, -0.2) is 4.39 Å². The molecule has 6 heteroatoms. The first-order chi connectivity index (χ1) is 14.9. The summed E-state index contributed by atoms with van der Waals surface area (Å²) in [6.07, 6.45) is 1.37. The van der Waals surface area contributed by atoms with Crippen molar-refractivity contribution >= 4 is 10.9 Å². The van der Waals surface area contributed by atoms with Gasteiger partial charge in [-0.2, -0.15) is 0 Å². The highest BCUT2D eigenvalue weighted by Crippen LogP contribution is 2.39. The molecule has 1 aromatic heterocycles. The van der Waals surface area contributed by atoms with Crippen LogP contribution in [-0.4, -0.2) is 24.4 Å². The van der Waals surface area contributed by atoms with E-state index in [9.17, 15) is 9.18 Å². The minimum atomic E-state index is -0.579. The Kier molecular flexibility index (Phi) is 6.12. The molecule has 0 spiro atoms. The summed E-state index contributed by atoms with van der Waals surface area (Å²) >= 11 is 0. The monoisotopic (exact) mass is 425 g/mol. The van der Waals surface area contributed by atoms with Crippen molar-refractivity contribution in [3.8, 4) is 5.75 Å². The summed E-state index contributed by atoms with van der Waals surface area (Å²) < 4.78 is 33.6. The van der Waals surface area contributed by atoms with E-state index in [1.165, 1.54) is 12.1 Å². The van der Waals surface area contributed by atoms with E-state index in [4.69, 9.17) is 14.2 Å². The van der Waals surface area contributed by atoms with Crippen molar-refractivity contribution in [1.82, 2.24) is 4.57 Å². The van der Waals surface area contributed by atoms with Crippen molar-refractivity contribution in [3.05, 3.63) is 75.8 Å². The number of pyridine rings is 1. The standard InChI is InChI=1S/C25H28FNO4/c1-4-27-23-7-5-18(11-19(23)6-8-24(27)28)16-31-22-13-20(12-21(26)14-22)25(29-3)9-10-30-17(2)15-25/h5-8,11-14,17H,4,9-10,15-16H2,1-3H3. The Morgan fingerprint density at radius 2 is 2.03 bits per heavy atom. The second-order valence-electron chi connectivity index (χ2n) is 8.11. The first-order valence-electron chi connectivity index (χ1n) is 10.7. The number of methoxy groups -OCH3 is 1. The third-order valence-electron chi connectivity index (χ3n) is 6.09. The van der Waals surface area contributed by atoms with Crippen LogP contribution in [0.4, 0.5) is 4.39 Å². The van der Waals surface area contributed by atoms with Gasteiger partial charge in [0.1, 0.15) is 18.2 Å². The summed E-state index contributed by atoms with van der Waals surface area (Å²) in [5.41, 5.74) is 2.01. The van der Waals surface area contributed by atoms with Gasteiger partial charge in [0.2, 0.25) is 0 Å². The molecule has 1 aliphatic heterocycles. The largest absolute Gasteiger partial charge is 0.489 e. The van der Waals surface area contributed by atoms with Gasteiger partial charge >= 0.3 is 0 Å². The summed E-state index contributed by atoms with van der Waals surface area (Å²) in [6.45, 7) is 5.43. The summed E-state index contributed by atoms with van der Waals surface area (Å²) in [4.78, 5) is 12.0. The van der Waals surface area contributed by atoms with Crippen molar-refractivity contribution in [3.63, 3.8) is 0 Å². The number of halogens is 1. The first kappa shape index (κ1) is 21.5. The molecule has 4 rings (SSSR count). The van der Waals surface area contributed by atoms with Gasteiger partial charge in [-0.15, -0.1) is 0 Å². The Labute approximate surface area is 181 Å². The SMILES string of the molecule is CCn1c(=O)ccc2cc(COc3cc(F)cc(C4(OC)CCOC(C)C4)c3)ccc21. The summed E-state index contributed by atoms with van der Waals surface area (Å²) in [7, 11) is 1.66. The second-order valence-corrected chi connectivity index (χ2v) is 8.11. The lowest BCUT2D eigenvalue weighted by atomic mass is 9.83. The fraction of sp³-hybridized carbons (Fsp3) is 0.400. The maximum absolute atomic E-state index is 14.4. The quantitative estimate of drug-likeness (QED) is 0.570. The Balaban J connectivity index is 1.58. The maximum Gasteiger partial charge on any atom is 0.250 e. The van der Waals surface area contributed by atoms with Crippen molar-refractivity contribution in [2.75, 3.05) is 13.7 Å². The second kappa shape index (κ2) is 8.81. The Morgan fingerprint density at radius 1 is 1.19 bits per heavy atom. The van der Waals surface area contributed by atoms with Crippen LogP contribution in [0, 0.1) is 5.82 Å². The van der Waals surface area contributed by atoms with Crippen LogP contribution in [0.5, 0.6) is 5.75 Å². The van der Waals surface area contributed by atoms with Crippen LogP contribution in [0.3, 0.4) is 0 Å². The molecule has 0 radical (unpaired) electrons. The van der Waals surface area contributed by atoms with Gasteiger partial charge in [-0.3, -0.25) is 4.79 Å². The van der Waals surface area contributed by atoms with E-state index >= 15 is 0 Å². The van der Waals surface area contributed by atoms with E-state index in [-0.39, 0.29) is 17.5 Å². The summed E-state index contributed by atoms with van der Waals surface area (Å²) in [6, 6.07) is 14.0. The normalized spacial score (nSPS) is 21.4. The molecule has 1 aliphatic rings.